The number of aryl methyl sites for hydroxylation is 1. The summed E-state index contributed by atoms with van der Waals surface area (Å²) in [6.07, 6.45) is 5.36. The molecule has 0 bridgehead atoms. The predicted octanol–water partition coefficient (Wildman–Crippen LogP) is 3.09. The second kappa shape index (κ2) is 6.72. The van der Waals surface area contributed by atoms with E-state index in [0.29, 0.717) is 12.3 Å². The van der Waals surface area contributed by atoms with Gasteiger partial charge in [0.05, 0.1) is 12.9 Å². The Morgan fingerprint density at radius 2 is 2.12 bits per heavy atom. The van der Waals surface area contributed by atoms with E-state index in [1.54, 1.807) is 18.6 Å². The van der Waals surface area contributed by atoms with Crippen molar-refractivity contribution < 1.29 is 9.21 Å². The average molecular weight is 324 g/mol. The fourth-order valence-electron chi connectivity index (χ4n) is 2.51. The molecule has 0 saturated heterocycles. The standard InChI is InChI=1S/C18H20N4O2/c1-13-10-14(4-6-16(13)22-9-8-19-12-22)20-18(23)17-7-5-15(24-17)11-21(2)3/h4-10,12H,11H2,1-3H3,(H,20,23). The van der Waals surface area contributed by atoms with Gasteiger partial charge in [-0.3, -0.25) is 4.79 Å². The zero-order chi connectivity index (χ0) is 17.1. The smallest absolute Gasteiger partial charge is 0.291 e. The maximum Gasteiger partial charge on any atom is 0.291 e. The lowest BCUT2D eigenvalue weighted by Crippen LogP contribution is -2.12. The van der Waals surface area contributed by atoms with E-state index in [1.165, 1.54) is 0 Å². The molecule has 24 heavy (non-hydrogen) atoms. The number of imidazole rings is 1. The molecule has 3 rings (SSSR count). The van der Waals surface area contributed by atoms with Crippen LogP contribution in [0.4, 0.5) is 5.69 Å². The lowest BCUT2D eigenvalue weighted by molar-refractivity contribution is 0.0993. The molecule has 0 aliphatic rings. The molecule has 6 heteroatoms. The highest BCUT2D eigenvalue weighted by atomic mass is 16.4. The van der Waals surface area contributed by atoms with E-state index in [1.807, 2.05) is 60.9 Å². The SMILES string of the molecule is Cc1cc(NC(=O)c2ccc(CN(C)C)o2)ccc1-n1ccnc1. The van der Waals surface area contributed by atoms with Crippen molar-refractivity contribution in [3.05, 3.63) is 66.1 Å². The molecule has 0 spiro atoms. The number of hydrogen-bond donors (Lipinski definition) is 1. The lowest BCUT2D eigenvalue weighted by Gasteiger charge is -2.10. The first-order valence-electron chi connectivity index (χ1n) is 7.67. The normalized spacial score (nSPS) is 11.0. The number of amides is 1. The van der Waals surface area contributed by atoms with Crippen LogP contribution in [-0.2, 0) is 6.54 Å². The van der Waals surface area contributed by atoms with Gasteiger partial charge >= 0.3 is 0 Å². The Morgan fingerprint density at radius 3 is 2.79 bits per heavy atom. The Hall–Kier alpha value is -2.86. The first-order valence-corrected chi connectivity index (χ1v) is 7.67. The third kappa shape index (κ3) is 3.55. The van der Waals surface area contributed by atoms with Crippen molar-refractivity contribution >= 4 is 11.6 Å². The molecule has 0 aliphatic carbocycles. The first-order chi connectivity index (χ1) is 11.5. The summed E-state index contributed by atoms with van der Waals surface area (Å²) in [6.45, 7) is 2.65. The molecule has 124 valence electrons. The molecule has 1 aromatic carbocycles. The van der Waals surface area contributed by atoms with Gasteiger partial charge in [-0.05, 0) is 56.9 Å². The highest BCUT2D eigenvalue weighted by Gasteiger charge is 2.12. The van der Waals surface area contributed by atoms with Crippen molar-refractivity contribution in [2.24, 2.45) is 0 Å². The number of aromatic nitrogens is 2. The molecule has 6 nitrogen and oxygen atoms in total. The summed E-state index contributed by atoms with van der Waals surface area (Å²) in [4.78, 5) is 18.3. The third-order valence-electron chi connectivity index (χ3n) is 3.59. The monoisotopic (exact) mass is 324 g/mol. The van der Waals surface area contributed by atoms with Crippen LogP contribution in [0, 0.1) is 6.92 Å². The fraction of sp³-hybridized carbons (Fsp3) is 0.222. The highest BCUT2D eigenvalue weighted by Crippen LogP contribution is 2.20. The van der Waals surface area contributed by atoms with Gasteiger partial charge < -0.3 is 19.2 Å². The van der Waals surface area contributed by atoms with Gasteiger partial charge in [0.1, 0.15) is 5.76 Å². The fourth-order valence-corrected chi connectivity index (χ4v) is 2.51. The lowest BCUT2D eigenvalue weighted by atomic mass is 10.1. The topological polar surface area (TPSA) is 63.3 Å². The number of carbonyl (C=O) groups is 1. The zero-order valence-electron chi connectivity index (χ0n) is 14.0. The van der Waals surface area contributed by atoms with Crippen molar-refractivity contribution in [2.75, 3.05) is 19.4 Å². The second-order valence-electron chi connectivity index (χ2n) is 5.93. The Balaban J connectivity index is 1.72. The number of nitrogens with zero attached hydrogens (tertiary/aromatic N) is 3. The van der Waals surface area contributed by atoms with Crippen molar-refractivity contribution in [1.29, 1.82) is 0 Å². The largest absolute Gasteiger partial charge is 0.455 e. The van der Waals surface area contributed by atoms with E-state index in [0.717, 1.165) is 22.7 Å². The van der Waals surface area contributed by atoms with E-state index in [-0.39, 0.29) is 5.91 Å². The van der Waals surface area contributed by atoms with Crippen LogP contribution in [0.3, 0.4) is 0 Å². The summed E-state index contributed by atoms with van der Waals surface area (Å²) >= 11 is 0. The van der Waals surface area contributed by atoms with Gasteiger partial charge in [-0.2, -0.15) is 0 Å². The maximum atomic E-state index is 12.3. The molecule has 0 fully saturated rings. The van der Waals surface area contributed by atoms with Gasteiger partial charge in [0, 0.05) is 23.8 Å². The van der Waals surface area contributed by atoms with Gasteiger partial charge in [-0.15, -0.1) is 0 Å². The number of benzene rings is 1. The van der Waals surface area contributed by atoms with Crippen LogP contribution in [0.15, 0.2) is 53.5 Å². The Kier molecular flexibility index (Phi) is 4.48. The number of rotatable bonds is 5. The molecule has 0 atom stereocenters. The van der Waals surface area contributed by atoms with Crippen LogP contribution in [0.1, 0.15) is 21.9 Å². The van der Waals surface area contributed by atoms with Gasteiger partial charge in [0.25, 0.3) is 5.91 Å². The Bertz CT molecular complexity index is 835. The Labute approximate surface area is 140 Å². The van der Waals surface area contributed by atoms with Crippen LogP contribution >= 0.6 is 0 Å². The molecule has 2 heterocycles. The summed E-state index contributed by atoms with van der Waals surface area (Å²) < 4.78 is 7.51. The number of nitrogens with one attached hydrogen (secondary N) is 1. The van der Waals surface area contributed by atoms with E-state index in [4.69, 9.17) is 4.42 Å². The number of carbonyl (C=O) groups excluding carboxylic acids is 1. The summed E-state index contributed by atoms with van der Waals surface area (Å²) in [5.41, 5.74) is 2.79. The van der Waals surface area contributed by atoms with Gasteiger partial charge in [-0.1, -0.05) is 0 Å². The molecule has 3 aromatic rings. The maximum absolute atomic E-state index is 12.3. The summed E-state index contributed by atoms with van der Waals surface area (Å²) in [5, 5.41) is 2.87. The van der Waals surface area contributed by atoms with E-state index < -0.39 is 0 Å². The minimum absolute atomic E-state index is 0.255. The molecular weight excluding hydrogens is 304 g/mol. The number of anilines is 1. The van der Waals surface area contributed by atoms with Gasteiger partial charge in [0.15, 0.2) is 5.76 Å². The second-order valence-corrected chi connectivity index (χ2v) is 5.93. The van der Waals surface area contributed by atoms with Crippen LogP contribution < -0.4 is 5.32 Å². The molecule has 0 unspecified atom stereocenters. The van der Waals surface area contributed by atoms with E-state index in [9.17, 15) is 4.79 Å². The predicted molar refractivity (Wildman–Crippen MR) is 92.4 cm³/mol. The third-order valence-corrected chi connectivity index (χ3v) is 3.59. The minimum atomic E-state index is -0.255. The number of hydrogen-bond acceptors (Lipinski definition) is 4. The minimum Gasteiger partial charge on any atom is -0.455 e. The summed E-state index contributed by atoms with van der Waals surface area (Å²) in [7, 11) is 3.90. The first kappa shape index (κ1) is 16.0. The summed E-state index contributed by atoms with van der Waals surface area (Å²) in [5.74, 6) is 0.815. The zero-order valence-corrected chi connectivity index (χ0v) is 14.0. The van der Waals surface area contributed by atoms with E-state index >= 15 is 0 Å². The molecule has 0 saturated carbocycles. The van der Waals surface area contributed by atoms with Gasteiger partial charge in [0.2, 0.25) is 0 Å². The van der Waals surface area contributed by atoms with Crippen molar-refractivity contribution in [2.45, 2.75) is 13.5 Å². The quantitative estimate of drug-likeness (QED) is 0.783. The number of furan rings is 1. The highest BCUT2D eigenvalue weighted by molar-refractivity contribution is 6.02. The van der Waals surface area contributed by atoms with Crippen LogP contribution in [0.2, 0.25) is 0 Å². The van der Waals surface area contributed by atoms with Crippen LogP contribution in [0.5, 0.6) is 0 Å². The molecule has 0 aliphatic heterocycles. The van der Waals surface area contributed by atoms with Crippen molar-refractivity contribution in [1.82, 2.24) is 14.5 Å². The Morgan fingerprint density at radius 1 is 1.29 bits per heavy atom. The van der Waals surface area contributed by atoms with E-state index in [2.05, 4.69) is 10.3 Å². The van der Waals surface area contributed by atoms with Crippen molar-refractivity contribution in [3.8, 4) is 5.69 Å². The van der Waals surface area contributed by atoms with Crippen molar-refractivity contribution in [3.63, 3.8) is 0 Å². The van der Waals surface area contributed by atoms with Crippen LogP contribution in [-0.4, -0.2) is 34.5 Å². The molecule has 2 aromatic heterocycles. The van der Waals surface area contributed by atoms with Gasteiger partial charge in [-0.25, -0.2) is 4.98 Å². The summed E-state index contributed by atoms with van der Waals surface area (Å²) in [6, 6.07) is 9.26. The molecule has 1 N–H and O–H groups in total. The molecular formula is C18H20N4O2. The average Bonchev–Trinajstić information content (AvgIpc) is 3.18. The molecule has 0 radical (unpaired) electrons. The molecule has 1 amide bonds. The van der Waals surface area contributed by atoms with Crippen LogP contribution in [0.25, 0.3) is 5.69 Å².